The molecule has 4 heteroatoms. The van der Waals surface area contributed by atoms with Crippen LogP contribution in [0.1, 0.15) is 6.92 Å². The Morgan fingerprint density at radius 2 is 2.21 bits per heavy atom. The van der Waals surface area contributed by atoms with Gasteiger partial charge in [0.1, 0.15) is 5.75 Å². The minimum atomic E-state index is 0.655. The Morgan fingerprint density at radius 1 is 1.43 bits per heavy atom. The second-order valence-corrected chi connectivity index (χ2v) is 4.57. The summed E-state index contributed by atoms with van der Waals surface area (Å²) < 4.78 is 6.64. The van der Waals surface area contributed by atoms with Crippen LogP contribution in [0.25, 0.3) is 10.1 Å². The van der Waals surface area contributed by atoms with Gasteiger partial charge in [0.2, 0.25) is 0 Å². The molecule has 0 saturated heterocycles. The molecule has 14 heavy (non-hydrogen) atoms. The smallest absolute Gasteiger partial charge is 0.129 e. The summed E-state index contributed by atoms with van der Waals surface area (Å²) in [5, 5.41) is 1.88. The molecule has 1 aromatic carbocycles. The van der Waals surface area contributed by atoms with Crippen LogP contribution >= 0.6 is 24.0 Å². The molecule has 2 aromatic rings. The highest BCUT2D eigenvalue weighted by atomic mass is 32.1. The van der Waals surface area contributed by atoms with E-state index in [1.807, 2.05) is 25.1 Å². The van der Waals surface area contributed by atoms with Crippen molar-refractivity contribution in [3.05, 3.63) is 18.2 Å². The zero-order valence-corrected chi connectivity index (χ0v) is 9.49. The van der Waals surface area contributed by atoms with Gasteiger partial charge in [-0.2, -0.15) is 0 Å². The van der Waals surface area contributed by atoms with E-state index in [0.717, 1.165) is 25.7 Å². The number of nitrogens with two attached hydrogens (primary N) is 1. The van der Waals surface area contributed by atoms with Crippen molar-refractivity contribution in [3.63, 3.8) is 0 Å². The monoisotopic (exact) mass is 225 g/mol. The molecule has 0 fully saturated rings. The lowest BCUT2D eigenvalue weighted by molar-refractivity contribution is 0.343. The lowest BCUT2D eigenvalue weighted by atomic mass is 10.2. The highest BCUT2D eigenvalue weighted by Crippen LogP contribution is 2.36. The van der Waals surface area contributed by atoms with Crippen LogP contribution in [0.2, 0.25) is 0 Å². The third kappa shape index (κ3) is 1.67. The molecule has 74 valence electrons. The molecule has 1 heterocycles. The SMILES string of the molecule is CCOc1cc(S)cc2sc(N)cc12. The van der Waals surface area contributed by atoms with Crippen molar-refractivity contribution in [2.24, 2.45) is 0 Å². The molecule has 0 bridgehead atoms. The predicted molar refractivity (Wildman–Crippen MR) is 64.7 cm³/mol. The molecule has 1 aromatic heterocycles. The first-order valence-electron chi connectivity index (χ1n) is 4.35. The molecule has 0 atom stereocenters. The van der Waals surface area contributed by atoms with E-state index in [1.165, 1.54) is 0 Å². The maximum atomic E-state index is 5.74. The normalized spacial score (nSPS) is 10.7. The fourth-order valence-corrected chi connectivity index (χ4v) is 2.61. The molecule has 0 unspecified atom stereocenters. The topological polar surface area (TPSA) is 35.2 Å². The number of fused-ring (bicyclic) bond motifs is 1. The van der Waals surface area contributed by atoms with Crippen molar-refractivity contribution >= 4 is 39.1 Å². The summed E-state index contributed by atoms with van der Waals surface area (Å²) >= 11 is 5.87. The minimum absolute atomic E-state index is 0.655. The fourth-order valence-electron chi connectivity index (χ4n) is 1.39. The van der Waals surface area contributed by atoms with E-state index in [2.05, 4.69) is 12.6 Å². The van der Waals surface area contributed by atoms with Crippen LogP contribution in [-0.2, 0) is 0 Å². The van der Waals surface area contributed by atoms with E-state index in [1.54, 1.807) is 11.3 Å². The van der Waals surface area contributed by atoms with E-state index < -0.39 is 0 Å². The van der Waals surface area contributed by atoms with Gasteiger partial charge in [-0.1, -0.05) is 0 Å². The van der Waals surface area contributed by atoms with Crippen LogP contribution in [0.15, 0.2) is 23.1 Å². The summed E-state index contributed by atoms with van der Waals surface area (Å²) in [6.45, 7) is 2.62. The van der Waals surface area contributed by atoms with Gasteiger partial charge in [-0.3, -0.25) is 0 Å². The van der Waals surface area contributed by atoms with Gasteiger partial charge in [-0.25, -0.2) is 0 Å². The van der Waals surface area contributed by atoms with E-state index in [4.69, 9.17) is 10.5 Å². The van der Waals surface area contributed by atoms with Crippen molar-refractivity contribution in [2.45, 2.75) is 11.8 Å². The van der Waals surface area contributed by atoms with Crippen molar-refractivity contribution in [2.75, 3.05) is 12.3 Å². The fraction of sp³-hybridized carbons (Fsp3) is 0.200. The molecule has 0 radical (unpaired) electrons. The van der Waals surface area contributed by atoms with E-state index in [0.29, 0.717) is 6.61 Å². The third-order valence-corrected chi connectivity index (χ3v) is 3.07. The highest BCUT2D eigenvalue weighted by molar-refractivity contribution is 7.80. The maximum absolute atomic E-state index is 5.74. The van der Waals surface area contributed by atoms with Crippen LogP contribution in [0, 0.1) is 0 Å². The number of thiophene rings is 1. The Hall–Kier alpha value is -0.870. The van der Waals surface area contributed by atoms with Crippen LogP contribution < -0.4 is 10.5 Å². The minimum Gasteiger partial charge on any atom is -0.493 e. The Bertz CT molecular complexity index is 464. The quantitative estimate of drug-likeness (QED) is 0.770. The number of anilines is 1. The average molecular weight is 225 g/mol. The van der Waals surface area contributed by atoms with Gasteiger partial charge in [-0.05, 0) is 25.1 Å². The first kappa shape index (κ1) is 9.68. The Labute approximate surface area is 92.1 Å². The maximum Gasteiger partial charge on any atom is 0.129 e. The van der Waals surface area contributed by atoms with Crippen molar-refractivity contribution < 1.29 is 4.74 Å². The second-order valence-electron chi connectivity index (χ2n) is 2.94. The average Bonchev–Trinajstić information content (AvgIpc) is 2.45. The van der Waals surface area contributed by atoms with Gasteiger partial charge >= 0.3 is 0 Å². The van der Waals surface area contributed by atoms with Gasteiger partial charge in [0.15, 0.2) is 0 Å². The summed E-state index contributed by atoms with van der Waals surface area (Å²) in [4.78, 5) is 0.905. The first-order chi connectivity index (χ1) is 6.70. The van der Waals surface area contributed by atoms with Crippen molar-refractivity contribution in [1.29, 1.82) is 0 Å². The molecular weight excluding hydrogens is 214 g/mol. The summed E-state index contributed by atoms with van der Waals surface area (Å²) in [7, 11) is 0. The van der Waals surface area contributed by atoms with Gasteiger partial charge in [0.05, 0.1) is 11.6 Å². The Kier molecular flexibility index (Phi) is 2.56. The summed E-state index contributed by atoms with van der Waals surface area (Å²) in [6, 6.07) is 5.86. The third-order valence-electron chi connectivity index (χ3n) is 1.90. The van der Waals surface area contributed by atoms with Crippen LogP contribution in [0.5, 0.6) is 5.75 Å². The molecule has 0 aliphatic heterocycles. The highest BCUT2D eigenvalue weighted by Gasteiger charge is 2.06. The number of thiol groups is 1. The first-order valence-corrected chi connectivity index (χ1v) is 5.62. The van der Waals surface area contributed by atoms with E-state index in [-0.39, 0.29) is 0 Å². The van der Waals surface area contributed by atoms with E-state index in [9.17, 15) is 0 Å². The largest absolute Gasteiger partial charge is 0.493 e. The van der Waals surface area contributed by atoms with Crippen molar-refractivity contribution in [3.8, 4) is 5.75 Å². The van der Waals surface area contributed by atoms with E-state index >= 15 is 0 Å². The number of hydrogen-bond donors (Lipinski definition) is 2. The van der Waals surface area contributed by atoms with Gasteiger partial charge in [0, 0.05) is 15.0 Å². The lowest BCUT2D eigenvalue weighted by Crippen LogP contribution is -1.91. The molecule has 0 aliphatic rings. The van der Waals surface area contributed by atoms with Gasteiger partial charge < -0.3 is 10.5 Å². The number of hydrogen-bond acceptors (Lipinski definition) is 4. The van der Waals surface area contributed by atoms with Crippen LogP contribution in [0.4, 0.5) is 5.00 Å². The molecule has 0 aliphatic carbocycles. The summed E-state index contributed by atoms with van der Waals surface area (Å²) in [5.41, 5.74) is 5.74. The van der Waals surface area contributed by atoms with Gasteiger partial charge in [0.25, 0.3) is 0 Å². The molecule has 2 rings (SSSR count). The molecule has 0 saturated carbocycles. The molecule has 0 spiro atoms. The number of benzene rings is 1. The zero-order chi connectivity index (χ0) is 10.1. The van der Waals surface area contributed by atoms with Crippen molar-refractivity contribution in [1.82, 2.24) is 0 Å². The van der Waals surface area contributed by atoms with Gasteiger partial charge in [-0.15, -0.1) is 24.0 Å². The lowest BCUT2D eigenvalue weighted by Gasteiger charge is -2.04. The number of ether oxygens (including phenoxy) is 1. The number of nitrogen functional groups attached to an aromatic ring is 1. The molecule has 2 N–H and O–H groups in total. The standard InChI is InChI=1S/C10H11NOS2/c1-2-12-8-3-6(13)4-9-7(8)5-10(11)14-9/h3-5,13H,2,11H2,1H3. The molecule has 0 amide bonds. The molecule has 2 nitrogen and oxygen atoms in total. The Morgan fingerprint density at radius 3 is 2.93 bits per heavy atom. The van der Waals surface area contributed by atoms with Crippen LogP contribution in [0.3, 0.4) is 0 Å². The second kappa shape index (κ2) is 3.71. The summed E-state index contributed by atoms with van der Waals surface area (Å²) in [6.07, 6.45) is 0. The Balaban J connectivity index is 2.66. The number of rotatable bonds is 2. The predicted octanol–water partition coefficient (Wildman–Crippen LogP) is 3.17. The molecular formula is C10H11NOS2. The summed E-state index contributed by atoms with van der Waals surface area (Å²) in [5.74, 6) is 0.864. The zero-order valence-electron chi connectivity index (χ0n) is 7.78. The van der Waals surface area contributed by atoms with Crippen LogP contribution in [-0.4, -0.2) is 6.61 Å².